The van der Waals surface area contributed by atoms with Gasteiger partial charge in [0.05, 0.1) is 11.6 Å². The van der Waals surface area contributed by atoms with Gasteiger partial charge in [0.25, 0.3) is 0 Å². The summed E-state index contributed by atoms with van der Waals surface area (Å²) in [5, 5.41) is 17.6. The molecule has 2 heterocycles. The number of carboxylic acid groups (broad SMARTS) is 1. The van der Waals surface area contributed by atoms with Crippen molar-refractivity contribution in [2.24, 2.45) is 0 Å². The third-order valence-corrected chi connectivity index (χ3v) is 2.63. The Kier molecular flexibility index (Phi) is 1.78. The fourth-order valence-corrected chi connectivity index (χ4v) is 2.05. The summed E-state index contributed by atoms with van der Waals surface area (Å²) in [4.78, 5) is 23.5. The van der Waals surface area contributed by atoms with E-state index in [1.165, 1.54) is 4.90 Å². The van der Waals surface area contributed by atoms with Crippen molar-refractivity contribution in [3.63, 3.8) is 0 Å². The maximum absolute atomic E-state index is 11.4. The Morgan fingerprint density at radius 1 is 1.64 bits per heavy atom. The molecular weight excluding hydrogens is 184 g/mol. The van der Waals surface area contributed by atoms with Crippen molar-refractivity contribution in [3.8, 4) is 6.07 Å². The van der Waals surface area contributed by atoms with Crippen molar-refractivity contribution in [1.29, 1.82) is 5.26 Å². The number of carboxylic acids is 1. The molecule has 2 aliphatic rings. The summed E-state index contributed by atoms with van der Waals surface area (Å²) in [5.41, 5.74) is 0.107. The van der Waals surface area contributed by atoms with Gasteiger partial charge in [0.2, 0.25) is 5.91 Å². The number of fused-ring (bicyclic) bond motifs is 1. The van der Waals surface area contributed by atoms with Crippen molar-refractivity contribution in [1.82, 2.24) is 4.90 Å². The van der Waals surface area contributed by atoms with Gasteiger partial charge in [-0.25, -0.2) is 4.79 Å². The van der Waals surface area contributed by atoms with Gasteiger partial charge in [-0.1, -0.05) is 0 Å². The Hall–Kier alpha value is -1.83. The Balaban J connectivity index is 2.45. The van der Waals surface area contributed by atoms with Crippen LogP contribution in [-0.2, 0) is 9.59 Å². The van der Waals surface area contributed by atoms with Crippen LogP contribution >= 0.6 is 0 Å². The number of rotatable bonds is 1. The van der Waals surface area contributed by atoms with Gasteiger partial charge in [-0.3, -0.25) is 4.79 Å². The molecule has 1 atom stereocenters. The van der Waals surface area contributed by atoms with Crippen LogP contribution in [-0.4, -0.2) is 27.9 Å². The van der Waals surface area contributed by atoms with Crippen LogP contribution in [0.15, 0.2) is 11.3 Å². The van der Waals surface area contributed by atoms with Gasteiger partial charge < -0.3 is 10.0 Å². The van der Waals surface area contributed by atoms with E-state index >= 15 is 0 Å². The monoisotopic (exact) mass is 192 g/mol. The minimum absolute atomic E-state index is 0.0942. The first kappa shape index (κ1) is 8.75. The average molecular weight is 192 g/mol. The maximum atomic E-state index is 11.4. The van der Waals surface area contributed by atoms with E-state index in [-0.39, 0.29) is 23.2 Å². The summed E-state index contributed by atoms with van der Waals surface area (Å²) < 4.78 is 0. The van der Waals surface area contributed by atoms with Crippen LogP contribution < -0.4 is 0 Å². The Morgan fingerprint density at radius 3 is 2.93 bits per heavy atom. The maximum Gasteiger partial charge on any atom is 0.353 e. The molecule has 0 aromatic heterocycles. The first-order valence-electron chi connectivity index (χ1n) is 4.33. The van der Waals surface area contributed by atoms with E-state index in [0.717, 1.165) is 0 Å². The molecule has 1 fully saturated rings. The highest BCUT2D eigenvalue weighted by atomic mass is 16.4. The smallest absolute Gasteiger partial charge is 0.353 e. The highest BCUT2D eigenvalue weighted by Gasteiger charge is 2.43. The molecule has 5 heteroatoms. The van der Waals surface area contributed by atoms with Crippen molar-refractivity contribution < 1.29 is 14.7 Å². The Bertz CT molecular complexity index is 391. The summed E-state index contributed by atoms with van der Waals surface area (Å²) in [6.07, 6.45) is 1.44. The Morgan fingerprint density at radius 2 is 2.36 bits per heavy atom. The fourth-order valence-electron chi connectivity index (χ4n) is 2.05. The highest BCUT2D eigenvalue weighted by Crippen LogP contribution is 2.36. The van der Waals surface area contributed by atoms with Crippen molar-refractivity contribution in [2.45, 2.75) is 25.3 Å². The van der Waals surface area contributed by atoms with E-state index in [4.69, 9.17) is 10.4 Å². The first-order valence-corrected chi connectivity index (χ1v) is 4.33. The van der Waals surface area contributed by atoms with Gasteiger partial charge in [-0.15, -0.1) is 0 Å². The van der Waals surface area contributed by atoms with Gasteiger partial charge >= 0.3 is 5.97 Å². The Labute approximate surface area is 80.2 Å². The molecule has 0 spiro atoms. The highest BCUT2D eigenvalue weighted by molar-refractivity contribution is 5.96. The zero-order valence-corrected chi connectivity index (χ0v) is 7.36. The summed E-state index contributed by atoms with van der Waals surface area (Å²) in [5.74, 6) is -1.36. The van der Waals surface area contributed by atoms with Gasteiger partial charge in [0, 0.05) is 18.9 Å². The normalized spacial score (nSPS) is 25.2. The molecule has 0 radical (unpaired) electrons. The van der Waals surface area contributed by atoms with Crippen LogP contribution in [0.25, 0.3) is 0 Å². The number of amides is 1. The van der Waals surface area contributed by atoms with Crippen LogP contribution in [0.4, 0.5) is 0 Å². The average Bonchev–Trinajstić information content (AvgIpc) is 2.65. The molecule has 2 aliphatic heterocycles. The topological polar surface area (TPSA) is 81.4 Å². The minimum atomic E-state index is -1.18. The number of aliphatic carboxylic acids is 1. The lowest BCUT2D eigenvalue weighted by Gasteiger charge is -2.16. The molecule has 0 aromatic carbocycles. The SMILES string of the molecule is N#CC1=C(C(=O)O)N2C(=O)CC[C@H]2C1. The summed E-state index contributed by atoms with van der Waals surface area (Å²) in [7, 11) is 0. The molecule has 0 saturated carbocycles. The first-order chi connectivity index (χ1) is 6.65. The lowest BCUT2D eigenvalue weighted by Crippen LogP contribution is -2.30. The molecule has 5 nitrogen and oxygen atoms in total. The zero-order valence-electron chi connectivity index (χ0n) is 7.36. The molecule has 0 aromatic rings. The summed E-state index contributed by atoms with van der Waals surface area (Å²) >= 11 is 0. The molecular formula is C9H8N2O3. The molecule has 0 aliphatic carbocycles. The van der Waals surface area contributed by atoms with Crippen LogP contribution in [0, 0.1) is 11.3 Å². The van der Waals surface area contributed by atoms with Crippen LogP contribution in [0.5, 0.6) is 0 Å². The molecule has 1 saturated heterocycles. The number of carbonyl (C=O) groups excluding carboxylic acids is 1. The van der Waals surface area contributed by atoms with E-state index in [0.29, 0.717) is 19.3 Å². The molecule has 0 bridgehead atoms. The summed E-state index contributed by atoms with van der Waals surface area (Å²) in [6.45, 7) is 0. The standard InChI is InChI=1S/C9H8N2O3/c10-4-5-3-6-1-2-7(12)11(6)8(5)9(13)14/h6H,1-3H2,(H,13,14)/t6-/m0/s1. The second-order valence-corrected chi connectivity index (χ2v) is 3.40. The van der Waals surface area contributed by atoms with Gasteiger partial charge in [0.1, 0.15) is 5.70 Å². The minimum Gasteiger partial charge on any atom is -0.477 e. The van der Waals surface area contributed by atoms with Gasteiger partial charge in [-0.2, -0.15) is 5.26 Å². The predicted octanol–water partition coefficient (Wildman–Crippen LogP) is 0.243. The molecule has 2 rings (SSSR count). The molecule has 14 heavy (non-hydrogen) atoms. The second kappa shape index (κ2) is 2.84. The molecule has 72 valence electrons. The largest absolute Gasteiger partial charge is 0.477 e. The lowest BCUT2D eigenvalue weighted by molar-refractivity contribution is -0.138. The third-order valence-electron chi connectivity index (χ3n) is 2.63. The van der Waals surface area contributed by atoms with Crippen LogP contribution in [0.1, 0.15) is 19.3 Å². The third kappa shape index (κ3) is 1.01. The molecule has 1 amide bonds. The van der Waals surface area contributed by atoms with E-state index in [2.05, 4.69) is 0 Å². The predicted molar refractivity (Wildman–Crippen MR) is 44.8 cm³/mol. The van der Waals surface area contributed by atoms with E-state index < -0.39 is 5.97 Å². The van der Waals surface area contributed by atoms with Crippen molar-refractivity contribution >= 4 is 11.9 Å². The number of hydrogen-bond acceptors (Lipinski definition) is 3. The van der Waals surface area contributed by atoms with Crippen molar-refractivity contribution in [3.05, 3.63) is 11.3 Å². The van der Waals surface area contributed by atoms with Crippen LogP contribution in [0.2, 0.25) is 0 Å². The van der Waals surface area contributed by atoms with Crippen molar-refractivity contribution in [2.75, 3.05) is 0 Å². The van der Waals surface area contributed by atoms with Gasteiger partial charge in [0.15, 0.2) is 0 Å². The fraction of sp³-hybridized carbons (Fsp3) is 0.444. The molecule has 1 N–H and O–H groups in total. The quantitative estimate of drug-likeness (QED) is 0.645. The van der Waals surface area contributed by atoms with E-state index in [1.807, 2.05) is 6.07 Å². The van der Waals surface area contributed by atoms with E-state index in [9.17, 15) is 9.59 Å². The number of nitrogens with zero attached hydrogens (tertiary/aromatic N) is 2. The van der Waals surface area contributed by atoms with E-state index in [1.54, 1.807) is 0 Å². The van der Waals surface area contributed by atoms with Crippen LogP contribution in [0.3, 0.4) is 0 Å². The summed E-state index contributed by atoms with van der Waals surface area (Å²) in [6, 6.07) is 1.76. The second-order valence-electron chi connectivity index (χ2n) is 3.40. The zero-order chi connectivity index (χ0) is 10.3. The van der Waals surface area contributed by atoms with Gasteiger partial charge in [-0.05, 0) is 6.42 Å². The molecule has 0 unspecified atom stereocenters. The number of hydrogen-bond donors (Lipinski definition) is 1. The number of carbonyl (C=O) groups is 2. The number of nitriles is 1. The lowest BCUT2D eigenvalue weighted by atomic mass is 10.1.